The zero-order valence-corrected chi connectivity index (χ0v) is 14.4. The summed E-state index contributed by atoms with van der Waals surface area (Å²) in [7, 11) is 1.79. The Bertz CT molecular complexity index is 646. The molecule has 23 heavy (non-hydrogen) atoms. The van der Waals surface area contributed by atoms with Crippen LogP contribution >= 0.6 is 0 Å². The number of amides is 2. The smallest absolute Gasteiger partial charge is 0.253 e. The lowest BCUT2D eigenvalue weighted by Crippen LogP contribution is -2.48. The van der Waals surface area contributed by atoms with E-state index in [0.29, 0.717) is 5.56 Å². The Balaban J connectivity index is 1.85. The van der Waals surface area contributed by atoms with Crippen molar-refractivity contribution < 1.29 is 9.59 Å². The first-order chi connectivity index (χ1) is 10.9. The zero-order valence-electron chi connectivity index (χ0n) is 14.4. The molecule has 5 heteroatoms. The molecule has 1 aromatic rings. The molecule has 2 aliphatic heterocycles. The summed E-state index contributed by atoms with van der Waals surface area (Å²) in [6.07, 6.45) is 0. The monoisotopic (exact) mass is 315 g/mol. The van der Waals surface area contributed by atoms with Crippen molar-refractivity contribution in [3.63, 3.8) is 0 Å². The summed E-state index contributed by atoms with van der Waals surface area (Å²) in [4.78, 5) is 31.1. The third kappa shape index (κ3) is 2.53. The van der Waals surface area contributed by atoms with E-state index in [1.807, 2.05) is 36.9 Å². The van der Waals surface area contributed by atoms with Gasteiger partial charge in [-0.3, -0.25) is 9.59 Å². The average Bonchev–Trinajstić information content (AvgIpc) is 2.75. The van der Waals surface area contributed by atoms with Gasteiger partial charge in [-0.15, -0.1) is 0 Å². The van der Waals surface area contributed by atoms with E-state index < -0.39 is 5.41 Å². The van der Waals surface area contributed by atoms with Gasteiger partial charge in [-0.2, -0.15) is 0 Å². The minimum absolute atomic E-state index is 0.0707. The highest BCUT2D eigenvalue weighted by Crippen LogP contribution is 2.41. The van der Waals surface area contributed by atoms with Gasteiger partial charge in [-0.1, -0.05) is 6.92 Å². The molecule has 0 spiro atoms. The molecule has 3 rings (SSSR count). The highest BCUT2D eigenvalue weighted by Gasteiger charge is 2.42. The molecule has 0 N–H and O–H groups in total. The lowest BCUT2D eigenvalue weighted by molar-refractivity contribution is -0.121. The highest BCUT2D eigenvalue weighted by molar-refractivity contribution is 6.08. The molecule has 0 atom stereocenters. The van der Waals surface area contributed by atoms with Crippen LogP contribution in [-0.4, -0.2) is 61.4 Å². The average molecular weight is 315 g/mol. The number of benzene rings is 1. The topological polar surface area (TPSA) is 43.9 Å². The van der Waals surface area contributed by atoms with Crippen LogP contribution in [0.2, 0.25) is 0 Å². The molecule has 2 amide bonds. The van der Waals surface area contributed by atoms with E-state index in [2.05, 4.69) is 11.8 Å². The Morgan fingerprint density at radius 1 is 1.17 bits per heavy atom. The number of carbonyl (C=O) groups is 2. The second-order valence-corrected chi connectivity index (χ2v) is 6.95. The van der Waals surface area contributed by atoms with Crippen molar-refractivity contribution >= 4 is 17.5 Å². The first kappa shape index (κ1) is 16.0. The molecule has 0 aliphatic carbocycles. The van der Waals surface area contributed by atoms with Gasteiger partial charge >= 0.3 is 0 Å². The quantitative estimate of drug-likeness (QED) is 0.835. The van der Waals surface area contributed by atoms with Crippen molar-refractivity contribution in [1.29, 1.82) is 0 Å². The molecule has 2 aliphatic rings. The van der Waals surface area contributed by atoms with Crippen LogP contribution in [0.3, 0.4) is 0 Å². The number of hydrogen-bond acceptors (Lipinski definition) is 3. The second-order valence-electron chi connectivity index (χ2n) is 6.95. The summed E-state index contributed by atoms with van der Waals surface area (Å²) in [6.45, 7) is 10.4. The van der Waals surface area contributed by atoms with Crippen molar-refractivity contribution in [3.8, 4) is 0 Å². The molecule has 0 bridgehead atoms. The fraction of sp³-hybridized carbons (Fsp3) is 0.556. The molecular formula is C18H25N3O2. The van der Waals surface area contributed by atoms with Crippen molar-refractivity contribution in [2.24, 2.45) is 0 Å². The van der Waals surface area contributed by atoms with Gasteiger partial charge in [0.2, 0.25) is 5.91 Å². The maximum atomic E-state index is 12.8. The van der Waals surface area contributed by atoms with Crippen LogP contribution in [0.15, 0.2) is 18.2 Å². The fourth-order valence-electron chi connectivity index (χ4n) is 3.56. The minimum Gasteiger partial charge on any atom is -0.336 e. The number of hydrogen-bond donors (Lipinski definition) is 0. The zero-order chi connectivity index (χ0) is 16.8. The molecule has 0 saturated carbocycles. The van der Waals surface area contributed by atoms with Crippen LogP contribution in [0, 0.1) is 0 Å². The number of nitrogens with zero attached hydrogens (tertiary/aromatic N) is 3. The van der Waals surface area contributed by atoms with E-state index >= 15 is 0 Å². The first-order valence-corrected chi connectivity index (χ1v) is 8.30. The Morgan fingerprint density at radius 3 is 2.43 bits per heavy atom. The van der Waals surface area contributed by atoms with Crippen molar-refractivity contribution in [2.45, 2.75) is 26.2 Å². The Kier molecular flexibility index (Phi) is 3.92. The molecule has 0 radical (unpaired) electrons. The van der Waals surface area contributed by atoms with Gasteiger partial charge in [0.15, 0.2) is 0 Å². The van der Waals surface area contributed by atoms with Gasteiger partial charge in [0.25, 0.3) is 5.91 Å². The molecule has 124 valence electrons. The lowest BCUT2D eigenvalue weighted by Gasteiger charge is -2.34. The predicted octanol–water partition coefficient (Wildman–Crippen LogP) is 1.72. The van der Waals surface area contributed by atoms with E-state index in [-0.39, 0.29) is 11.8 Å². The van der Waals surface area contributed by atoms with Crippen LogP contribution in [0.25, 0.3) is 0 Å². The van der Waals surface area contributed by atoms with Crippen molar-refractivity contribution in [3.05, 3.63) is 29.3 Å². The van der Waals surface area contributed by atoms with Crippen molar-refractivity contribution in [1.82, 2.24) is 9.80 Å². The molecule has 2 heterocycles. The maximum Gasteiger partial charge on any atom is 0.253 e. The molecule has 1 aromatic carbocycles. The molecular weight excluding hydrogens is 290 g/mol. The van der Waals surface area contributed by atoms with Crippen LogP contribution in [0.5, 0.6) is 0 Å². The van der Waals surface area contributed by atoms with Crippen molar-refractivity contribution in [2.75, 3.05) is 44.7 Å². The molecule has 0 aromatic heterocycles. The van der Waals surface area contributed by atoms with Crippen LogP contribution < -0.4 is 4.90 Å². The molecule has 0 unspecified atom stereocenters. The largest absolute Gasteiger partial charge is 0.336 e. The minimum atomic E-state index is -0.568. The van der Waals surface area contributed by atoms with Gasteiger partial charge in [-0.25, -0.2) is 0 Å². The maximum absolute atomic E-state index is 12.8. The molecule has 1 fully saturated rings. The Morgan fingerprint density at radius 2 is 1.83 bits per heavy atom. The summed E-state index contributed by atoms with van der Waals surface area (Å²) in [5.74, 6) is 0.148. The normalized spacial score (nSPS) is 20.8. The third-order valence-corrected chi connectivity index (χ3v) is 5.22. The van der Waals surface area contributed by atoms with Crippen LogP contribution in [-0.2, 0) is 10.2 Å². The number of carbonyl (C=O) groups excluding carboxylic acids is 2. The molecule has 5 nitrogen and oxygen atoms in total. The van der Waals surface area contributed by atoms with Crippen LogP contribution in [0.1, 0.15) is 36.7 Å². The van der Waals surface area contributed by atoms with E-state index in [9.17, 15) is 9.59 Å². The summed E-state index contributed by atoms with van der Waals surface area (Å²) in [5, 5.41) is 0. The predicted molar refractivity (Wildman–Crippen MR) is 90.9 cm³/mol. The van der Waals surface area contributed by atoms with E-state index in [1.54, 1.807) is 11.9 Å². The SMILES string of the molecule is CCN1CCN(C(=O)c2ccc3c(c2)C(C)(C)C(=O)N3C)CC1. The lowest BCUT2D eigenvalue weighted by atomic mass is 9.85. The van der Waals surface area contributed by atoms with Gasteiger partial charge in [0.05, 0.1) is 5.41 Å². The number of anilines is 1. The molecule has 1 saturated heterocycles. The second kappa shape index (κ2) is 5.64. The fourth-order valence-corrected chi connectivity index (χ4v) is 3.56. The van der Waals surface area contributed by atoms with E-state index in [4.69, 9.17) is 0 Å². The van der Waals surface area contributed by atoms with Crippen LogP contribution in [0.4, 0.5) is 5.69 Å². The summed E-state index contributed by atoms with van der Waals surface area (Å²) in [5.41, 5.74) is 1.97. The first-order valence-electron chi connectivity index (χ1n) is 8.30. The summed E-state index contributed by atoms with van der Waals surface area (Å²) < 4.78 is 0. The van der Waals surface area contributed by atoms with E-state index in [1.165, 1.54) is 0 Å². The van der Waals surface area contributed by atoms with Gasteiger partial charge in [0.1, 0.15) is 0 Å². The van der Waals surface area contributed by atoms with Gasteiger partial charge in [-0.05, 0) is 44.2 Å². The number of piperazine rings is 1. The number of rotatable bonds is 2. The number of likely N-dealkylation sites (N-methyl/N-ethyl adjacent to an activating group) is 2. The third-order valence-electron chi connectivity index (χ3n) is 5.22. The number of fused-ring (bicyclic) bond motifs is 1. The Hall–Kier alpha value is -1.88. The van der Waals surface area contributed by atoms with E-state index in [0.717, 1.165) is 44.0 Å². The highest BCUT2D eigenvalue weighted by atomic mass is 16.2. The van der Waals surface area contributed by atoms with Gasteiger partial charge in [0, 0.05) is 44.5 Å². The summed E-state index contributed by atoms with van der Waals surface area (Å²) >= 11 is 0. The Labute approximate surface area is 137 Å². The summed E-state index contributed by atoms with van der Waals surface area (Å²) in [6, 6.07) is 5.65. The standard InChI is InChI=1S/C18H25N3O2/c1-5-20-8-10-21(11-9-20)16(22)13-6-7-15-14(12-13)18(2,3)17(23)19(15)4/h6-7,12H,5,8-11H2,1-4H3. The van der Waals surface area contributed by atoms with Gasteiger partial charge < -0.3 is 14.7 Å².